The molecule has 0 aromatic rings. The molecule has 62 heavy (non-hydrogen) atoms. The van der Waals surface area contributed by atoms with Crippen molar-refractivity contribution >= 4 is 0 Å². The third kappa shape index (κ3) is 7.49. The van der Waals surface area contributed by atoms with Crippen LogP contribution in [0.4, 0.5) is 0 Å². The van der Waals surface area contributed by atoms with Crippen LogP contribution >= 0.6 is 0 Å². The summed E-state index contributed by atoms with van der Waals surface area (Å²) in [6.07, 6.45) is -12.4. The first kappa shape index (κ1) is 46.2. The summed E-state index contributed by atoms with van der Waals surface area (Å²) in [5.74, 6) is 2.52. The fraction of sp³-hybridized carbons (Fsp3) is 0.956. The summed E-state index contributed by atoms with van der Waals surface area (Å²) in [4.78, 5) is 0. The summed E-state index contributed by atoms with van der Waals surface area (Å²) in [6, 6.07) is 0. The molecular weight excluding hydrogens is 812 g/mol. The van der Waals surface area contributed by atoms with Gasteiger partial charge in [-0.3, -0.25) is 0 Å². The Labute approximate surface area is 363 Å². The molecule has 0 aromatic carbocycles. The molecule has 26 atom stereocenters. The molecule has 9 aliphatic rings. The summed E-state index contributed by atoms with van der Waals surface area (Å²) in [5, 5.41) is 95.8. The lowest BCUT2D eigenvalue weighted by atomic mass is 9.47. The van der Waals surface area contributed by atoms with Gasteiger partial charge < -0.3 is 83.9 Å². The molecule has 354 valence electrons. The zero-order valence-corrected chi connectivity index (χ0v) is 36.6. The van der Waals surface area contributed by atoms with Gasteiger partial charge in [0.15, 0.2) is 24.7 Å². The average molecular weight is 885 g/mol. The smallest absolute Gasteiger partial charge is 0.187 e. The van der Waals surface area contributed by atoms with Crippen LogP contribution in [0.1, 0.15) is 92.4 Å². The highest BCUT2D eigenvalue weighted by Crippen LogP contribution is 2.70. The van der Waals surface area contributed by atoms with Crippen molar-refractivity contribution in [2.45, 2.75) is 203 Å². The summed E-state index contributed by atoms with van der Waals surface area (Å²) in [6.45, 7) is 10.4. The van der Waals surface area contributed by atoms with Crippen molar-refractivity contribution in [2.75, 3.05) is 19.8 Å². The standard InChI is InChI=1S/C45H72O17/c1-19-8-13-45(55-18-19)20(2)30-27(62-45)15-26-24-7-6-22-14-23(9-11-43(22,4)25(24)10-12-44(26,30)5)57-42-39(61-40-36(53)34(51)31(48)21(3)56-40)38(33(50)29(17-47)59-42)60-41-37(54)35(52)32(49)28(16-46)58-41/h6,19-21,23-42,46-54H,7-18H2,1-5H3/t19-,20+,21+,23-,24-,25-,26-,27+,28-,29-,30+,31+,32-,33-,34-,35+,36-,37-,38+,39-,40+,41+,42-,43-,44+,45-/m1/s1. The zero-order chi connectivity index (χ0) is 44.2. The Kier molecular flexibility index (Phi) is 12.9. The van der Waals surface area contributed by atoms with Gasteiger partial charge in [-0.1, -0.05) is 39.3 Å². The van der Waals surface area contributed by atoms with Crippen LogP contribution in [0.5, 0.6) is 0 Å². The molecule has 0 aromatic heterocycles. The third-order valence-corrected chi connectivity index (χ3v) is 17.7. The SMILES string of the molecule is C[C@@H]1CC[C@@]2(OC1)O[C@H]1C[C@@H]3[C@@H]4CC=C5C[C@H](O[C@@H]6O[C@H](CO)[C@@H](O)[C@H](O[C@@H]7O[C@H](CO)[C@@H](O)[C@H](O)[C@H]7O)[C@H]6O[C@@H]6O[C@@H](C)[C@H](O)[C@@H](O)[C@H]6O)CC[C@@]5(C)[C@@H]4CC[C@]3(C)[C@H]1[C@@H]2C. The number of hydrogen-bond donors (Lipinski definition) is 9. The number of hydrogen-bond acceptors (Lipinski definition) is 17. The van der Waals surface area contributed by atoms with Crippen LogP contribution in [-0.2, 0) is 37.9 Å². The van der Waals surface area contributed by atoms with E-state index in [0.29, 0.717) is 48.3 Å². The predicted octanol–water partition coefficient (Wildman–Crippen LogP) is 0.214. The molecule has 0 radical (unpaired) electrons. The van der Waals surface area contributed by atoms with E-state index in [-0.39, 0.29) is 16.9 Å². The molecule has 17 heteroatoms. The molecule has 4 aliphatic carbocycles. The molecule has 3 saturated carbocycles. The van der Waals surface area contributed by atoms with Crippen LogP contribution in [0.3, 0.4) is 0 Å². The van der Waals surface area contributed by atoms with Crippen LogP contribution in [0.15, 0.2) is 11.6 Å². The minimum absolute atomic E-state index is 0.0484. The molecule has 5 saturated heterocycles. The van der Waals surface area contributed by atoms with Gasteiger partial charge in [-0.2, -0.15) is 0 Å². The Morgan fingerprint density at radius 3 is 2.03 bits per heavy atom. The van der Waals surface area contributed by atoms with Gasteiger partial charge in [-0.25, -0.2) is 0 Å². The molecule has 0 bridgehead atoms. The minimum Gasteiger partial charge on any atom is -0.394 e. The first-order chi connectivity index (χ1) is 29.4. The predicted molar refractivity (Wildman–Crippen MR) is 214 cm³/mol. The van der Waals surface area contributed by atoms with E-state index >= 15 is 0 Å². The van der Waals surface area contributed by atoms with Gasteiger partial charge in [0.25, 0.3) is 0 Å². The summed E-state index contributed by atoms with van der Waals surface area (Å²) in [5.41, 5.74) is 1.45. The second-order valence-electron chi connectivity index (χ2n) is 21.1. The fourth-order valence-corrected chi connectivity index (χ4v) is 14.0. The van der Waals surface area contributed by atoms with E-state index in [0.717, 1.165) is 51.6 Å². The summed E-state index contributed by atoms with van der Waals surface area (Å²) in [7, 11) is 0. The normalized spacial score (nSPS) is 57.6. The molecule has 1 spiro atoms. The maximum Gasteiger partial charge on any atom is 0.187 e. The maximum atomic E-state index is 11.6. The second-order valence-corrected chi connectivity index (χ2v) is 21.1. The Hall–Kier alpha value is -0.940. The van der Waals surface area contributed by atoms with Crippen molar-refractivity contribution in [3.63, 3.8) is 0 Å². The highest BCUT2D eigenvalue weighted by molar-refractivity contribution is 5.26. The van der Waals surface area contributed by atoms with Crippen LogP contribution in [-0.4, -0.2) is 176 Å². The Morgan fingerprint density at radius 2 is 1.34 bits per heavy atom. The monoisotopic (exact) mass is 884 g/mol. The van der Waals surface area contributed by atoms with Crippen LogP contribution in [0.25, 0.3) is 0 Å². The average Bonchev–Trinajstić information content (AvgIpc) is 3.70. The molecular formula is C45H72O17. The number of allylic oxidation sites excluding steroid dienone is 1. The zero-order valence-electron chi connectivity index (χ0n) is 36.6. The minimum atomic E-state index is -1.84. The van der Waals surface area contributed by atoms with Crippen LogP contribution < -0.4 is 0 Å². The molecule has 9 N–H and O–H groups in total. The van der Waals surface area contributed by atoms with Crippen LogP contribution in [0, 0.1) is 46.3 Å². The lowest BCUT2D eigenvalue weighted by Gasteiger charge is -2.59. The van der Waals surface area contributed by atoms with Crippen molar-refractivity contribution in [3.05, 3.63) is 11.6 Å². The molecule has 17 nitrogen and oxygen atoms in total. The lowest BCUT2D eigenvalue weighted by molar-refractivity contribution is -0.394. The highest BCUT2D eigenvalue weighted by Gasteiger charge is 2.69. The van der Waals surface area contributed by atoms with E-state index in [1.807, 2.05) is 0 Å². The summed E-state index contributed by atoms with van der Waals surface area (Å²) >= 11 is 0. The fourth-order valence-electron chi connectivity index (χ4n) is 14.0. The number of fused-ring (bicyclic) bond motifs is 7. The van der Waals surface area contributed by atoms with Crippen molar-refractivity contribution in [1.82, 2.24) is 0 Å². The van der Waals surface area contributed by atoms with Crippen molar-refractivity contribution in [2.24, 2.45) is 46.3 Å². The topological polar surface area (TPSA) is 256 Å². The van der Waals surface area contributed by atoms with Gasteiger partial charge >= 0.3 is 0 Å². The molecule has 5 heterocycles. The van der Waals surface area contributed by atoms with Gasteiger partial charge in [0.1, 0.15) is 67.1 Å². The number of aliphatic hydroxyl groups is 9. The third-order valence-electron chi connectivity index (χ3n) is 17.7. The second kappa shape index (κ2) is 17.3. The quantitative estimate of drug-likeness (QED) is 0.148. The van der Waals surface area contributed by atoms with E-state index < -0.39 is 117 Å². The Balaban J connectivity index is 0.940. The number of ether oxygens (including phenoxy) is 8. The van der Waals surface area contributed by atoms with Gasteiger partial charge in [0.05, 0.1) is 38.1 Å². The number of rotatable bonds is 8. The van der Waals surface area contributed by atoms with E-state index in [1.54, 1.807) is 0 Å². The van der Waals surface area contributed by atoms with E-state index in [2.05, 4.69) is 33.8 Å². The Morgan fingerprint density at radius 1 is 0.677 bits per heavy atom. The van der Waals surface area contributed by atoms with Crippen molar-refractivity contribution < 1.29 is 83.9 Å². The lowest BCUT2D eigenvalue weighted by Crippen LogP contribution is -2.67. The van der Waals surface area contributed by atoms with E-state index in [1.165, 1.54) is 12.5 Å². The van der Waals surface area contributed by atoms with Gasteiger partial charge in [0, 0.05) is 12.3 Å². The Bertz CT molecular complexity index is 1610. The van der Waals surface area contributed by atoms with Gasteiger partial charge in [-0.15, -0.1) is 0 Å². The summed E-state index contributed by atoms with van der Waals surface area (Å²) < 4.78 is 50.3. The van der Waals surface area contributed by atoms with Gasteiger partial charge in [-0.05, 0) is 98.7 Å². The molecule has 5 aliphatic heterocycles. The molecule has 8 fully saturated rings. The molecule has 9 rings (SSSR count). The van der Waals surface area contributed by atoms with E-state index in [9.17, 15) is 46.0 Å². The van der Waals surface area contributed by atoms with Crippen LogP contribution in [0.2, 0.25) is 0 Å². The van der Waals surface area contributed by atoms with E-state index in [4.69, 9.17) is 37.9 Å². The maximum absolute atomic E-state index is 11.6. The first-order valence-corrected chi connectivity index (χ1v) is 23.4. The molecule has 0 unspecified atom stereocenters. The highest BCUT2D eigenvalue weighted by atomic mass is 16.8. The first-order valence-electron chi connectivity index (χ1n) is 23.4. The van der Waals surface area contributed by atoms with Crippen molar-refractivity contribution in [3.8, 4) is 0 Å². The van der Waals surface area contributed by atoms with Crippen molar-refractivity contribution in [1.29, 1.82) is 0 Å². The number of aliphatic hydroxyl groups excluding tert-OH is 9. The molecule has 0 amide bonds. The largest absolute Gasteiger partial charge is 0.394 e. The van der Waals surface area contributed by atoms with Gasteiger partial charge in [0.2, 0.25) is 0 Å².